The number of H-pyrrole nitrogens is 1. The van der Waals surface area contributed by atoms with Crippen molar-refractivity contribution >= 4 is 26.8 Å². The van der Waals surface area contributed by atoms with Gasteiger partial charge in [0.1, 0.15) is 5.82 Å². The molecule has 0 saturated carbocycles. The van der Waals surface area contributed by atoms with Crippen LogP contribution in [0.25, 0.3) is 11.0 Å². The molecule has 2 unspecified atom stereocenters. The molecule has 0 aliphatic carbocycles. The zero-order valence-corrected chi connectivity index (χ0v) is 19.8. The number of aromatic nitrogens is 4. The van der Waals surface area contributed by atoms with Crippen LogP contribution >= 0.6 is 0 Å². The van der Waals surface area contributed by atoms with Crippen LogP contribution in [-0.4, -0.2) is 44.8 Å². The summed E-state index contributed by atoms with van der Waals surface area (Å²) in [5, 5.41) is 22.4. The second-order valence-electron chi connectivity index (χ2n) is 8.31. The molecule has 13 heteroatoms. The van der Waals surface area contributed by atoms with Crippen molar-refractivity contribution in [2.24, 2.45) is 5.92 Å². The molecule has 3 aromatic rings. The summed E-state index contributed by atoms with van der Waals surface area (Å²) in [6.07, 6.45) is -4.10. The van der Waals surface area contributed by atoms with Gasteiger partial charge in [-0.1, -0.05) is 20.8 Å². The van der Waals surface area contributed by atoms with E-state index in [2.05, 4.69) is 25.3 Å². The molecule has 0 saturated heterocycles. The molecule has 4 N–H and O–H groups in total. The van der Waals surface area contributed by atoms with Crippen LogP contribution in [0, 0.1) is 5.92 Å². The van der Waals surface area contributed by atoms with E-state index in [1.54, 1.807) is 6.92 Å². The van der Waals surface area contributed by atoms with Crippen LogP contribution in [0.2, 0.25) is 0 Å². The quantitative estimate of drug-likeness (QED) is 0.367. The van der Waals surface area contributed by atoms with E-state index in [1.807, 2.05) is 13.8 Å². The van der Waals surface area contributed by atoms with E-state index in [0.29, 0.717) is 16.9 Å². The lowest BCUT2D eigenvalue weighted by molar-refractivity contribution is -0.142. The topological polar surface area (TPSA) is 141 Å². The Kier molecular flexibility index (Phi) is 7.20. The highest BCUT2D eigenvalue weighted by Crippen LogP contribution is 2.35. The van der Waals surface area contributed by atoms with Gasteiger partial charge in [0.25, 0.3) is 0 Å². The molecule has 2 heterocycles. The summed E-state index contributed by atoms with van der Waals surface area (Å²) in [6.45, 7) is 4.67. The zero-order chi connectivity index (χ0) is 25.4. The number of nitrogens with zero attached hydrogens (tertiary/aromatic N) is 3. The normalized spacial score (nSPS) is 14.5. The van der Waals surface area contributed by atoms with Crippen LogP contribution in [0.3, 0.4) is 0 Å². The predicted molar refractivity (Wildman–Crippen MR) is 119 cm³/mol. The summed E-state index contributed by atoms with van der Waals surface area (Å²) in [4.78, 5) is 15.0. The first-order valence-electron chi connectivity index (χ1n) is 10.5. The number of fused-ring (bicyclic) bond motifs is 1. The maximum absolute atomic E-state index is 13.6. The number of aliphatic hydroxyl groups is 2. The smallest absolute Gasteiger partial charge is 0.392 e. The minimum atomic E-state index is -4.79. The maximum atomic E-state index is 13.6. The highest BCUT2D eigenvalue weighted by molar-refractivity contribution is 7.90. The molecule has 0 aliphatic heterocycles. The number of halogens is 3. The monoisotopic (exact) mass is 501 g/mol. The van der Waals surface area contributed by atoms with Gasteiger partial charge >= 0.3 is 6.18 Å². The van der Waals surface area contributed by atoms with Gasteiger partial charge in [0, 0.05) is 18.0 Å². The second-order valence-corrected chi connectivity index (χ2v) is 10.3. The Morgan fingerprint density at radius 3 is 2.41 bits per heavy atom. The minimum Gasteiger partial charge on any atom is -0.392 e. The van der Waals surface area contributed by atoms with E-state index < -0.39 is 46.0 Å². The number of imidazole rings is 1. The van der Waals surface area contributed by atoms with E-state index in [9.17, 15) is 31.8 Å². The summed E-state index contributed by atoms with van der Waals surface area (Å²) in [5.74, 6) is -0.160. The maximum Gasteiger partial charge on any atom is 0.433 e. The number of sulfone groups is 1. The van der Waals surface area contributed by atoms with Crippen LogP contribution in [0.1, 0.15) is 62.0 Å². The summed E-state index contributed by atoms with van der Waals surface area (Å²) in [6, 6.07) is 2.15. The Morgan fingerprint density at radius 1 is 1.21 bits per heavy atom. The van der Waals surface area contributed by atoms with Crippen molar-refractivity contribution in [3.8, 4) is 0 Å². The summed E-state index contributed by atoms with van der Waals surface area (Å²) in [5.41, 5.74) is -0.662. The van der Waals surface area contributed by atoms with Crippen molar-refractivity contribution in [2.75, 3.05) is 11.6 Å². The van der Waals surface area contributed by atoms with Crippen molar-refractivity contribution in [3.05, 3.63) is 41.0 Å². The van der Waals surface area contributed by atoms with Gasteiger partial charge in [0.15, 0.2) is 15.5 Å². The largest absolute Gasteiger partial charge is 0.433 e. The Balaban J connectivity index is 2.05. The summed E-state index contributed by atoms with van der Waals surface area (Å²) < 4.78 is 64.9. The molecule has 0 amide bonds. The predicted octanol–water partition coefficient (Wildman–Crippen LogP) is 3.52. The number of nitrogens with one attached hydrogen (secondary N) is 2. The fraction of sp³-hybridized carbons (Fsp3) is 0.476. The fourth-order valence-electron chi connectivity index (χ4n) is 3.56. The van der Waals surface area contributed by atoms with Gasteiger partial charge in [-0.15, -0.1) is 0 Å². The van der Waals surface area contributed by atoms with E-state index in [1.165, 1.54) is 12.1 Å². The Bertz CT molecular complexity index is 1290. The number of aromatic amines is 1. The van der Waals surface area contributed by atoms with E-state index in [4.69, 9.17) is 0 Å². The zero-order valence-electron chi connectivity index (χ0n) is 19.0. The summed E-state index contributed by atoms with van der Waals surface area (Å²) in [7, 11) is -3.62. The average molecular weight is 502 g/mol. The Morgan fingerprint density at radius 2 is 1.88 bits per heavy atom. The highest BCUT2D eigenvalue weighted by atomic mass is 32.2. The van der Waals surface area contributed by atoms with Gasteiger partial charge in [-0.3, -0.25) is 0 Å². The fourth-order valence-corrected chi connectivity index (χ4v) is 4.49. The number of hydrogen-bond acceptors (Lipinski definition) is 8. The Hall–Kier alpha value is -2.77. The molecule has 9 nitrogen and oxygen atoms in total. The molecule has 186 valence electrons. The van der Waals surface area contributed by atoms with E-state index >= 15 is 0 Å². The van der Waals surface area contributed by atoms with Crippen LogP contribution in [0.4, 0.5) is 19.1 Å². The van der Waals surface area contributed by atoms with Crippen LogP contribution in [0.5, 0.6) is 0 Å². The van der Waals surface area contributed by atoms with Gasteiger partial charge < -0.3 is 20.5 Å². The lowest BCUT2D eigenvalue weighted by Gasteiger charge is -2.22. The molecular weight excluding hydrogens is 475 g/mol. The molecule has 0 spiro atoms. The van der Waals surface area contributed by atoms with Crippen LogP contribution in [-0.2, 0) is 22.6 Å². The number of rotatable bonds is 8. The van der Waals surface area contributed by atoms with Crippen LogP contribution < -0.4 is 5.32 Å². The number of alkyl halides is 3. The van der Waals surface area contributed by atoms with Crippen LogP contribution in [0.15, 0.2) is 23.2 Å². The van der Waals surface area contributed by atoms with E-state index in [0.717, 1.165) is 12.5 Å². The third kappa shape index (κ3) is 5.31. The molecule has 1 aromatic carbocycles. The molecule has 0 fully saturated rings. The first-order valence-corrected chi connectivity index (χ1v) is 12.4. The standard InChI is InChI=1S/C21H26F3N5O4S/c1-5-15(31)12-8-25-20(29-18(12)21(22,23)24)28-17(10(2)3)19-26-13-6-11(9-30)16(34(4,32)33)7-14(13)27-19/h6-8,10,15,17,30-31H,5,9H2,1-4H3,(H,26,27)(H,25,28,29). The lowest BCUT2D eigenvalue weighted by Crippen LogP contribution is -2.22. The highest BCUT2D eigenvalue weighted by Gasteiger charge is 2.38. The van der Waals surface area contributed by atoms with Gasteiger partial charge in [0.05, 0.1) is 34.7 Å². The first-order chi connectivity index (χ1) is 15.8. The number of benzene rings is 1. The third-order valence-corrected chi connectivity index (χ3v) is 6.51. The van der Waals surface area contributed by atoms with Gasteiger partial charge in [0.2, 0.25) is 5.95 Å². The third-order valence-electron chi connectivity index (χ3n) is 5.33. The number of anilines is 1. The second kappa shape index (κ2) is 9.47. The van der Waals surface area contributed by atoms with Gasteiger partial charge in [-0.25, -0.2) is 23.4 Å². The van der Waals surface area contributed by atoms with Crippen molar-refractivity contribution in [3.63, 3.8) is 0 Å². The van der Waals surface area contributed by atoms with Crippen molar-refractivity contribution < 1.29 is 31.8 Å². The molecule has 0 bridgehead atoms. The average Bonchev–Trinajstić information content (AvgIpc) is 3.17. The molecule has 34 heavy (non-hydrogen) atoms. The van der Waals surface area contributed by atoms with Crippen molar-refractivity contribution in [2.45, 2.75) is 57.0 Å². The molecular formula is C21H26F3N5O4S. The number of aliphatic hydroxyl groups excluding tert-OH is 2. The van der Waals surface area contributed by atoms with E-state index in [-0.39, 0.29) is 28.7 Å². The molecule has 2 aromatic heterocycles. The number of hydrogen-bond donors (Lipinski definition) is 4. The van der Waals surface area contributed by atoms with Gasteiger partial charge in [-0.05, 0) is 30.0 Å². The SMILES string of the molecule is CCC(O)c1cnc(NC(c2nc3cc(S(C)(=O)=O)c(CO)cc3[nH]2)C(C)C)nc1C(F)(F)F. The molecule has 0 radical (unpaired) electrons. The molecule has 2 atom stereocenters. The van der Waals surface area contributed by atoms with Gasteiger partial charge in [-0.2, -0.15) is 13.2 Å². The molecule has 0 aliphatic rings. The molecule has 3 rings (SSSR count). The van der Waals surface area contributed by atoms with Crippen molar-refractivity contribution in [1.29, 1.82) is 0 Å². The first kappa shape index (κ1) is 25.8. The lowest BCUT2D eigenvalue weighted by atomic mass is 10.0. The Labute approximate surface area is 194 Å². The van der Waals surface area contributed by atoms with Crippen molar-refractivity contribution in [1.82, 2.24) is 19.9 Å². The minimum absolute atomic E-state index is 0.0576. The summed E-state index contributed by atoms with van der Waals surface area (Å²) >= 11 is 0.